The van der Waals surface area contributed by atoms with Crippen molar-refractivity contribution in [1.29, 1.82) is 0 Å². The number of carbonyl (C=O) groups excluding carboxylic acids is 1. The first kappa shape index (κ1) is 15.7. The van der Waals surface area contributed by atoms with Crippen molar-refractivity contribution in [3.05, 3.63) is 33.1 Å². The second kappa shape index (κ2) is 6.68. The van der Waals surface area contributed by atoms with Gasteiger partial charge < -0.3 is 10.2 Å². The van der Waals surface area contributed by atoms with Crippen LogP contribution in [-0.2, 0) is 0 Å². The second-order valence-electron chi connectivity index (χ2n) is 4.19. The Balaban J connectivity index is 0.00000162. The molecule has 1 fully saturated rings. The first-order valence-electron chi connectivity index (χ1n) is 5.52. The van der Waals surface area contributed by atoms with Gasteiger partial charge in [-0.2, -0.15) is 0 Å². The predicted octanol–water partition coefficient (Wildman–Crippen LogP) is 2.29. The molecule has 1 amide bonds. The molecule has 18 heavy (non-hydrogen) atoms. The van der Waals surface area contributed by atoms with Gasteiger partial charge in [0.1, 0.15) is 5.82 Å². The molecule has 1 aromatic rings. The van der Waals surface area contributed by atoms with E-state index in [1.54, 1.807) is 18.0 Å². The van der Waals surface area contributed by atoms with Crippen molar-refractivity contribution in [2.24, 2.45) is 0 Å². The van der Waals surface area contributed by atoms with Crippen molar-refractivity contribution in [2.75, 3.05) is 20.1 Å². The Labute approximate surface area is 126 Å². The van der Waals surface area contributed by atoms with Gasteiger partial charge >= 0.3 is 0 Å². The predicted molar refractivity (Wildman–Crippen MR) is 79.7 cm³/mol. The molecule has 3 nitrogen and oxygen atoms in total. The van der Waals surface area contributed by atoms with Crippen molar-refractivity contribution in [1.82, 2.24) is 10.2 Å². The maximum atomic E-state index is 13.0. The van der Waals surface area contributed by atoms with E-state index in [2.05, 4.69) is 5.32 Å². The van der Waals surface area contributed by atoms with E-state index in [0.717, 1.165) is 19.5 Å². The number of nitrogens with one attached hydrogen (secondary N) is 1. The van der Waals surface area contributed by atoms with E-state index in [9.17, 15) is 9.18 Å². The second-order valence-corrected chi connectivity index (χ2v) is 5.35. The van der Waals surface area contributed by atoms with Crippen molar-refractivity contribution >= 4 is 40.9 Å². The van der Waals surface area contributed by atoms with Gasteiger partial charge in [0.2, 0.25) is 0 Å². The van der Waals surface area contributed by atoms with Crippen LogP contribution in [0.2, 0.25) is 0 Å². The first-order chi connectivity index (χ1) is 8.09. The molecule has 1 heterocycles. The van der Waals surface area contributed by atoms with E-state index in [4.69, 9.17) is 0 Å². The van der Waals surface area contributed by atoms with Gasteiger partial charge in [-0.1, -0.05) is 0 Å². The molecule has 0 radical (unpaired) electrons. The number of benzene rings is 1. The number of rotatable bonds is 2. The molecule has 1 aliphatic heterocycles. The molecular formula is C12H15ClFIN2O. The van der Waals surface area contributed by atoms with Gasteiger partial charge in [0, 0.05) is 23.2 Å². The highest BCUT2D eigenvalue weighted by Gasteiger charge is 2.25. The normalized spacial score (nSPS) is 18.3. The lowest BCUT2D eigenvalue weighted by atomic mass is 10.1. The Hall–Kier alpha value is -0.400. The Morgan fingerprint density at radius 2 is 2.28 bits per heavy atom. The lowest BCUT2D eigenvalue weighted by molar-refractivity contribution is 0.0742. The Kier molecular flexibility index (Phi) is 5.81. The van der Waals surface area contributed by atoms with Crippen LogP contribution in [0.4, 0.5) is 4.39 Å². The number of nitrogens with zero attached hydrogens (tertiary/aromatic N) is 1. The lowest BCUT2D eigenvalue weighted by Gasteiger charge is -2.24. The fraction of sp³-hybridized carbons (Fsp3) is 0.417. The van der Waals surface area contributed by atoms with Crippen LogP contribution in [0.25, 0.3) is 0 Å². The Morgan fingerprint density at radius 3 is 2.83 bits per heavy atom. The lowest BCUT2D eigenvalue weighted by Crippen LogP contribution is -2.38. The third-order valence-corrected chi connectivity index (χ3v) is 3.96. The van der Waals surface area contributed by atoms with Gasteiger partial charge in [0.15, 0.2) is 0 Å². The van der Waals surface area contributed by atoms with E-state index < -0.39 is 0 Å². The third-order valence-electron chi connectivity index (χ3n) is 3.06. The molecule has 1 aromatic carbocycles. The summed E-state index contributed by atoms with van der Waals surface area (Å²) in [7, 11) is 1.80. The maximum absolute atomic E-state index is 13.0. The van der Waals surface area contributed by atoms with Crippen LogP contribution >= 0.6 is 35.0 Å². The quantitative estimate of drug-likeness (QED) is 0.794. The highest BCUT2D eigenvalue weighted by molar-refractivity contribution is 14.1. The van der Waals surface area contributed by atoms with Gasteiger partial charge in [-0.3, -0.25) is 4.79 Å². The summed E-state index contributed by atoms with van der Waals surface area (Å²) in [5, 5.41) is 3.23. The number of hydrogen-bond donors (Lipinski definition) is 1. The van der Waals surface area contributed by atoms with E-state index in [1.807, 2.05) is 22.6 Å². The molecule has 0 bridgehead atoms. The van der Waals surface area contributed by atoms with Crippen molar-refractivity contribution in [2.45, 2.75) is 12.5 Å². The zero-order valence-corrected chi connectivity index (χ0v) is 12.9. The number of hydrogen-bond acceptors (Lipinski definition) is 2. The highest BCUT2D eigenvalue weighted by atomic mass is 127. The van der Waals surface area contributed by atoms with E-state index in [-0.39, 0.29) is 30.2 Å². The minimum absolute atomic E-state index is 0. The van der Waals surface area contributed by atoms with Crippen molar-refractivity contribution in [3.8, 4) is 0 Å². The summed E-state index contributed by atoms with van der Waals surface area (Å²) in [4.78, 5) is 14.0. The summed E-state index contributed by atoms with van der Waals surface area (Å²) in [6, 6.07) is 4.51. The minimum atomic E-state index is -0.309. The third kappa shape index (κ3) is 3.33. The van der Waals surface area contributed by atoms with E-state index >= 15 is 0 Å². The summed E-state index contributed by atoms with van der Waals surface area (Å²) in [6.45, 7) is 1.78. The standard InChI is InChI=1S/C12H14FIN2O.ClH/c1-16(9-4-5-15-7-9)12(17)10-3-2-8(13)6-11(10)14;/h2-3,6,9,15H,4-5,7H2,1H3;1H. The zero-order chi connectivity index (χ0) is 12.4. The molecule has 1 saturated heterocycles. The van der Waals surface area contributed by atoms with Gasteiger partial charge in [0.25, 0.3) is 5.91 Å². The molecule has 1 atom stereocenters. The average molecular weight is 385 g/mol. The number of amides is 1. The Morgan fingerprint density at radius 1 is 1.56 bits per heavy atom. The van der Waals surface area contributed by atoms with Crippen LogP contribution in [0.15, 0.2) is 18.2 Å². The van der Waals surface area contributed by atoms with Gasteiger partial charge in [-0.15, -0.1) is 12.4 Å². The van der Waals surface area contributed by atoms with Gasteiger partial charge in [0.05, 0.1) is 5.56 Å². The van der Waals surface area contributed by atoms with E-state index in [1.165, 1.54) is 12.1 Å². The van der Waals surface area contributed by atoms with Gasteiger partial charge in [-0.05, 0) is 53.8 Å². The largest absolute Gasteiger partial charge is 0.337 e. The van der Waals surface area contributed by atoms with Crippen molar-refractivity contribution < 1.29 is 9.18 Å². The fourth-order valence-corrected chi connectivity index (χ4v) is 2.70. The number of halogens is 3. The van der Waals surface area contributed by atoms with Crippen molar-refractivity contribution in [3.63, 3.8) is 0 Å². The SMILES string of the molecule is CN(C(=O)c1ccc(F)cc1I)C1CCNC1.Cl. The highest BCUT2D eigenvalue weighted by Crippen LogP contribution is 2.18. The molecule has 6 heteroatoms. The topological polar surface area (TPSA) is 32.3 Å². The summed E-state index contributed by atoms with van der Waals surface area (Å²) in [6.07, 6.45) is 0.972. The van der Waals surface area contributed by atoms with Crippen LogP contribution < -0.4 is 5.32 Å². The molecule has 100 valence electrons. The van der Waals surface area contributed by atoms with Crippen LogP contribution in [0.3, 0.4) is 0 Å². The summed E-state index contributed by atoms with van der Waals surface area (Å²) in [5.41, 5.74) is 0.571. The van der Waals surface area contributed by atoms with Gasteiger partial charge in [-0.25, -0.2) is 4.39 Å². The molecular weight excluding hydrogens is 370 g/mol. The van der Waals surface area contributed by atoms with Crippen LogP contribution in [0.5, 0.6) is 0 Å². The molecule has 0 spiro atoms. The number of likely N-dealkylation sites (N-methyl/N-ethyl adjacent to an activating group) is 1. The fourth-order valence-electron chi connectivity index (χ4n) is 1.99. The molecule has 1 N–H and O–H groups in total. The number of carbonyl (C=O) groups is 1. The molecule has 0 aromatic heterocycles. The smallest absolute Gasteiger partial charge is 0.254 e. The Bertz CT molecular complexity index is 438. The van der Waals surface area contributed by atoms with Crippen LogP contribution in [-0.4, -0.2) is 37.0 Å². The molecule has 1 aliphatic rings. The summed E-state index contributed by atoms with van der Waals surface area (Å²) < 4.78 is 13.6. The van der Waals surface area contributed by atoms with Crippen LogP contribution in [0, 0.1) is 9.39 Å². The summed E-state index contributed by atoms with van der Waals surface area (Å²) >= 11 is 1.99. The molecule has 0 saturated carbocycles. The monoisotopic (exact) mass is 384 g/mol. The van der Waals surface area contributed by atoms with Crippen LogP contribution in [0.1, 0.15) is 16.8 Å². The maximum Gasteiger partial charge on any atom is 0.254 e. The zero-order valence-electron chi connectivity index (χ0n) is 9.95. The molecule has 0 aliphatic carbocycles. The minimum Gasteiger partial charge on any atom is -0.337 e. The van der Waals surface area contributed by atoms with E-state index in [0.29, 0.717) is 9.13 Å². The average Bonchev–Trinajstić information content (AvgIpc) is 2.80. The molecule has 1 unspecified atom stereocenters. The molecule has 2 rings (SSSR count). The summed E-state index contributed by atoms with van der Waals surface area (Å²) in [5.74, 6) is -0.348. The first-order valence-corrected chi connectivity index (χ1v) is 6.60.